The summed E-state index contributed by atoms with van der Waals surface area (Å²) in [6, 6.07) is 9.81. The maximum absolute atomic E-state index is 12.1. The number of carbonyl (C=O) groups excluding carboxylic acids is 2. The Morgan fingerprint density at radius 2 is 1.88 bits per heavy atom. The number of Topliss-reactive ketones (excluding diaryl/α,β-unsaturated/α-hetero) is 1. The van der Waals surface area contributed by atoms with E-state index in [1.54, 1.807) is 25.3 Å². The summed E-state index contributed by atoms with van der Waals surface area (Å²) in [6.07, 6.45) is 1.49. The molecule has 0 aliphatic rings. The van der Waals surface area contributed by atoms with Crippen LogP contribution in [-0.2, 0) is 16.0 Å². The molecule has 0 unspecified atom stereocenters. The predicted molar refractivity (Wildman–Crippen MR) is 98.2 cm³/mol. The smallest absolute Gasteiger partial charge is 0.310 e. The topological polar surface area (TPSA) is 65.7 Å². The lowest BCUT2D eigenvalue weighted by Crippen LogP contribution is -2.15. The molecule has 0 bridgehead atoms. The number of esters is 1. The lowest BCUT2D eigenvalue weighted by atomic mass is 10.1. The summed E-state index contributed by atoms with van der Waals surface area (Å²) in [7, 11) is 1.56. The second kappa shape index (κ2) is 7.81. The summed E-state index contributed by atoms with van der Waals surface area (Å²) in [6.45, 7) is -0.375. The maximum atomic E-state index is 12.1. The fraction of sp³-hybridized carbons (Fsp3) is 0.158. The molecule has 0 radical (unpaired) electrons. The number of hydrogen-bond acceptors (Lipinski definition) is 5. The highest BCUT2D eigenvalue weighted by Gasteiger charge is 2.15. The molecule has 0 aliphatic heterocycles. The monoisotopic (exact) mass is 392 g/mol. The summed E-state index contributed by atoms with van der Waals surface area (Å²) in [5, 5.41) is 1.41. The van der Waals surface area contributed by atoms with Gasteiger partial charge in [0.05, 0.1) is 29.8 Å². The van der Waals surface area contributed by atoms with Crippen molar-refractivity contribution in [3.63, 3.8) is 0 Å². The Hall–Kier alpha value is -2.50. The van der Waals surface area contributed by atoms with Gasteiger partial charge in [0.1, 0.15) is 11.3 Å². The number of carbonyl (C=O) groups is 2. The van der Waals surface area contributed by atoms with Crippen molar-refractivity contribution in [3.05, 3.63) is 63.8 Å². The third kappa shape index (κ3) is 4.00. The second-order valence-corrected chi connectivity index (χ2v) is 6.33. The molecule has 3 rings (SSSR count). The van der Waals surface area contributed by atoms with Crippen LogP contribution in [0.25, 0.3) is 11.0 Å². The minimum atomic E-state index is -0.531. The molecule has 2 aromatic carbocycles. The molecule has 0 atom stereocenters. The SMILES string of the molecule is COc1ccc2c(CC(=O)OCC(=O)c3ccc(Cl)c(Cl)c3)coc2c1. The van der Waals surface area contributed by atoms with Crippen LogP contribution in [0.3, 0.4) is 0 Å². The van der Waals surface area contributed by atoms with Crippen molar-refractivity contribution in [1.29, 1.82) is 0 Å². The first-order valence-corrected chi connectivity index (χ1v) is 8.41. The highest BCUT2D eigenvalue weighted by molar-refractivity contribution is 6.42. The molecule has 0 saturated carbocycles. The van der Waals surface area contributed by atoms with Gasteiger partial charge in [-0.2, -0.15) is 0 Å². The summed E-state index contributed by atoms with van der Waals surface area (Å²) in [5.74, 6) is -0.233. The molecule has 1 aromatic heterocycles. The van der Waals surface area contributed by atoms with Gasteiger partial charge in [0.2, 0.25) is 0 Å². The van der Waals surface area contributed by atoms with Crippen LogP contribution < -0.4 is 4.74 Å². The first kappa shape index (κ1) is 18.3. The molecule has 1 heterocycles. The number of hydrogen-bond donors (Lipinski definition) is 0. The van der Waals surface area contributed by atoms with Crippen molar-refractivity contribution >= 4 is 45.9 Å². The van der Waals surface area contributed by atoms with Gasteiger partial charge in [0.15, 0.2) is 12.4 Å². The fourth-order valence-corrected chi connectivity index (χ4v) is 2.73. The van der Waals surface area contributed by atoms with Crippen molar-refractivity contribution in [2.24, 2.45) is 0 Å². The fourth-order valence-electron chi connectivity index (χ4n) is 2.43. The number of rotatable bonds is 6. The molecule has 0 spiro atoms. The standard InChI is InChI=1S/C19H14Cl2O5/c1-24-13-3-4-14-12(9-25-18(14)8-13)7-19(23)26-10-17(22)11-2-5-15(20)16(21)6-11/h2-6,8-9H,7,10H2,1H3. The first-order chi connectivity index (χ1) is 12.5. The van der Waals surface area contributed by atoms with E-state index in [-0.39, 0.29) is 23.8 Å². The third-order valence-electron chi connectivity index (χ3n) is 3.80. The van der Waals surface area contributed by atoms with Crippen LogP contribution >= 0.6 is 23.2 Å². The average Bonchev–Trinajstić information content (AvgIpc) is 3.03. The van der Waals surface area contributed by atoms with Gasteiger partial charge in [-0.25, -0.2) is 0 Å². The number of benzene rings is 2. The van der Waals surface area contributed by atoms with E-state index in [1.807, 2.05) is 0 Å². The van der Waals surface area contributed by atoms with Crippen LogP contribution in [0.15, 0.2) is 47.1 Å². The van der Waals surface area contributed by atoms with E-state index in [1.165, 1.54) is 24.5 Å². The molecule has 7 heteroatoms. The van der Waals surface area contributed by atoms with Gasteiger partial charge in [-0.05, 0) is 30.3 Å². The van der Waals surface area contributed by atoms with Crippen LogP contribution in [0.1, 0.15) is 15.9 Å². The van der Waals surface area contributed by atoms with E-state index in [9.17, 15) is 9.59 Å². The minimum absolute atomic E-state index is 0.00597. The van der Waals surface area contributed by atoms with Gasteiger partial charge in [0.25, 0.3) is 0 Å². The Bertz CT molecular complexity index is 977. The summed E-state index contributed by atoms with van der Waals surface area (Å²) in [4.78, 5) is 24.1. The Balaban J connectivity index is 1.62. The summed E-state index contributed by atoms with van der Waals surface area (Å²) in [5.41, 5.74) is 1.61. The van der Waals surface area contributed by atoms with E-state index >= 15 is 0 Å². The van der Waals surface area contributed by atoms with Gasteiger partial charge in [-0.3, -0.25) is 9.59 Å². The third-order valence-corrected chi connectivity index (χ3v) is 4.54. The van der Waals surface area contributed by atoms with E-state index < -0.39 is 5.97 Å². The van der Waals surface area contributed by atoms with Crippen molar-refractivity contribution in [2.75, 3.05) is 13.7 Å². The van der Waals surface area contributed by atoms with Gasteiger partial charge < -0.3 is 13.9 Å². The lowest BCUT2D eigenvalue weighted by Gasteiger charge is -2.05. The normalized spacial score (nSPS) is 10.7. The zero-order chi connectivity index (χ0) is 18.7. The lowest BCUT2D eigenvalue weighted by molar-refractivity contribution is -0.141. The Kier molecular flexibility index (Phi) is 5.49. The van der Waals surface area contributed by atoms with Gasteiger partial charge >= 0.3 is 5.97 Å². The quantitative estimate of drug-likeness (QED) is 0.448. The molecule has 26 heavy (non-hydrogen) atoms. The van der Waals surface area contributed by atoms with Crippen LogP contribution in [0, 0.1) is 0 Å². The maximum Gasteiger partial charge on any atom is 0.310 e. The Morgan fingerprint density at radius 1 is 1.08 bits per heavy atom. The predicted octanol–water partition coefficient (Wildman–Crippen LogP) is 4.72. The summed E-state index contributed by atoms with van der Waals surface area (Å²) < 4.78 is 15.6. The van der Waals surface area contributed by atoms with Crippen molar-refractivity contribution < 1.29 is 23.5 Å². The first-order valence-electron chi connectivity index (χ1n) is 7.66. The zero-order valence-corrected chi connectivity index (χ0v) is 15.3. The Labute approximate surface area is 159 Å². The van der Waals surface area contributed by atoms with E-state index in [4.69, 9.17) is 37.1 Å². The van der Waals surface area contributed by atoms with Crippen molar-refractivity contribution in [1.82, 2.24) is 0 Å². The molecular formula is C19H14Cl2O5. The molecule has 5 nitrogen and oxygen atoms in total. The van der Waals surface area contributed by atoms with Gasteiger partial charge in [-0.15, -0.1) is 0 Å². The summed E-state index contributed by atoms with van der Waals surface area (Å²) >= 11 is 11.7. The molecule has 0 saturated heterocycles. The average molecular weight is 393 g/mol. The van der Waals surface area contributed by atoms with Crippen LogP contribution in [-0.4, -0.2) is 25.5 Å². The molecule has 0 amide bonds. The number of fused-ring (bicyclic) bond motifs is 1. The second-order valence-electron chi connectivity index (χ2n) is 5.51. The van der Waals surface area contributed by atoms with E-state index in [0.717, 1.165) is 5.39 Å². The molecule has 0 N–H and O–H groups in total. The number of methoxy groups -OCH3 is 1. The number of furan rings is 1. The molecule has 0 fully saturated rings. The minimum Gasteiger partial charge on any atom is -0.497 e. The highest BCUT2D eigenvalue weighted by Crippen LogP contribution is 2.26. The van der Waals surface area contributed by atoms with Crippen molar-refractivity contribution in [2.45, 2.75) is 6.42 Å². The van der Waals surface area contributed by atoms with Crippen LogP contribution in [0.2, 0.25) is 10.0 Å². The molecular weight excluding hydrogens is 379 g/mol. The largest absolute Gasteiger partial charge is 0.497 e. The van der Waals surface area contributed by atoms with Crippen LogP contribution in [0.4, 0.5) is 0 Å². The van der Waals surface area contributed by atoms with Crippen molar-refractivity contribution in [3.8, 4) is 5.75 Å². The van der Waals surface area contributed by atoms with Gasteiger partial charge in [-0.1, -0.05) is 23.2 Å². The van der Waals surface area contributed by atoms with E-state index in [2.05, 4.69) is 0 Å². The Morgan fingerprint density at radius 3 is 2.62 bits per heavy atom. The van der Waals surface area contributed by atoms with Gasteiger partial charge in [0, 0.05) is 22.6 Å². The number of ketones is 1. The number of halogens is 2. The molecule has 3 aromatic rings. The highest BCUT2D eigenvalue weighted by atomic mass is 35.5. The van der Waals surface area contributed by atoms with Crippen LogP contribution in [0.5, 0.6) is 5.75 Å². The molecule has 134 valence electrons. The zero-order valence-electron chi connectivity index (χ0n) is 13.8. The molecule has 0 aliphatic carbocycles. The number of ether oxygens (including phenoxy) is 2. The van der Waals surface area contributed by atoms with E-state index in [0.29, 0.717) is 27.5 Å².